The number of phenols is 1. The Kier molecular flexibility index (Phi) is 7.16. The smallest absolute Gasteiger partial charge is 0.405 e. The van der Waals surface area contributed by atoms with Crippen molar-refractivity contribution in [1.29, 1.82) is 5.26 Å². The minimum absolute atomic E-state index is 0.0390. The zero-order chi connectivity index (χ0) is 26.4. The number of hydrogen-bond acceptors (Lipinski definition) is 7. The number of aromatic hydroxyl groups is 1. The maximum Gasteiger partial charge on any atom is 0.405 e. The van der Waals surface area contributed by atoms with Gasteiger partial charge in [-0.15, -0.1) is 0 Å². The monoisotopic (exact) mass is 496 g/mol. The standard InChI is InChI=1S/C27H20N4O6/c28-14-19-13-18(11-12-21(19)32)25(33)30-31-26(34)24-22(16-7-3-1-4-8-16)20(15-36-24)23(37-27(29)35)17-9-5-2-6-10-17/h1-13,15,23,32H,(H2,29,35)(H,30,33)(H,31,34). The first kappa shape index (κ1) is 24.6. The van der Waals surface area contributed by atoms with Gasteiger partial charge in [-0.1, -0.05) is 60.7 Å². The number of phenolic OH excluding ortho intramolecular Hbond substituents is 1. The lowest BCUT2D eigenvalue weighted by atomic mass is 9.94. The van der Waals surface area contributed by atoms with Crippen molar-refractivity contribution in [3.63, 3.8) is 0 Å². The predicted octanol–water partition coefficient (Wildman–Crippen LogP) is 3.78. The van der Waals surface area contributed by atoms with Crippen molar-refractivity contribution in [2.24, 2.45) is 5.73 Å². The zero-order valence-electron chi connectivity index (χ0n) is 19.2. The van der Waals surface area contributed by atoms with Gasteiger partial charge in [0.05, 0.1) is 11.8 Å². The number of benzene rings is 3. The number of hydrazine groups is 1. The molecule has 0 aliphatic heterocycles. The van der Waals surface area contributed by atoms with Gasteiger partial charge in [0, 0.05) is 16.7 Å². The Balaban J connectivity index is 1.67. The number of ether oxygens (including phenoxy) is 1. The number of nitrogens with two attached hydrogens (primary N) is 1. The van der Waals surface area contributed by atoms with Crippen LogP contribution in [0.25, 0.3) is 11.1 Å². The topological polar surface area (TPSA) is 168 Å². The summed E-state index contributed by atoms with van der Waals surface area (Å²) in [6.45, 7) is 0. The number of rotatable bonds is 6. The number of nitrogens with zero attached hydrogens (tertiary/aromatic N) is 1. The lowest BCUT2D eigenvalue weighted by molar-refractivity contribution is 0.0831. The van der Waals surface area contributed by atoms with Crippen molar-refractivity contribution in [2.75, 3.05) is 0 Å². The van der Waals surface area contributed by atoms with Crippen LogP contribution >= 0.6 is 0 Å². The van der Waals surface area contributed by atoms with Crippen LogP contribution in [0.5, 0.6) is 5.75 Å². The maximum absolute atomic E-state index is 13.1. The van der Waals surface area contributed by atoms with E-state index in [0.29, 0.717) is 22.3 Å². The Labute approximate surface area is 210 Å². The van der Waals surface area contributed by atoms with Gasteiger partial charge in [-0.2, -0.15) is 5.26 Å². The molecule has 5 N–H and O–H groups in total. The molecule has 0 aliphatic rings. The minimum Gasteiger partial charge on any atom is -0.507 e. The van der Waals surface area contributed by atoms with Crippen LogP contribution < -0.4 is 16.6 Å². The first-order chi connectivity index (χ1) is 17.9. The molecule has 37 heavy (non-hydrogen) atoms. The van der Waals surface area contributed by atoms with Crippen LogP contribution in [0.3, 0.4) is 0 Å². The number of hydrogen-bond donors (Lipinski definition) is 4. The number of carbonyl (C=O) groups excluding carboxylic acids is 3. The molecule has 1 unspecified atom stereocenters. The van der Waals surface area contributed by atoms with Crippen molar-refractivity contribution in [3.8, 4) is 22.9 Å². The SMILES string of the molecule is N#Cc1cc(C(=O)NNC(=O)c2occ(C(OC(N)=O)c3ccccc3)c2-c2ccccc2)ccc1O. The average molecular weight is 496 g/mol. The van der Waals surface area contributed by atoms with E-state index in [4.69, 9.17) is 20.1 Å². The van der Waals surface area contributed by atoms with Crippen molar-refractivity contribution < 1.29 is 28.6 Å². The van der Waals surface area contributed by atoms with E-state index in [9.17, 15) is 19.5 Å². The van der Waals surface area contributed by atoms with Crippen LogP contribution in [0.15, 0.2) is 89.5 Å². The van der Waals surface area contributed by atoms with E-state index in [-0.39, 0.29) is 22.6 Å². The second-order valence-electron chi connectivity index (χ2n) is 7.74. The van der Waals surface area contributed by atoms with E-state index in [1.165, 1.54) is 24.5 Å². The summed E-state index contributed by atoms with van der Waals surface area (Å²) in [5.74, 6) is -1.94. The zero-order valence-corrected chi connectivity index (χ0v) is 19.2. The van der Waals surface area contributed by atoms with E-state index in [2.05, 4.69) is 10.9 Å². The van der Waals surface area contributed by atoms with Crippen LogP contribution in [0.4, 0.5) is 4.79 Å². The van der Waals surface area contributed by atoms with Gasteiger partial charge in [0.2, 0.25) is 5.76 Å². The minimum atomic E-state index is -1.02. The molecule has 3 amide bonds. The second kappa shape index (κ2) is 10.8. The molecule has 10 nitrogen and oxygen atoms in total. The molecule has 1 atom stereocenters. The summed E-state index contributed by atoms with van der Waals surface area (Å²) >= 11 is 0. The highest BCUT2D eigenvalue weighted by molar-refractivity contribution is 6.02. The van der Waals surface area contributed by atoms with Crippen LogP contribution in [-0.4, -0.2) is 23.0 Å². The third-order valence-corrected chi connectivity index (χ3v) is 5.38. The fourth-order valence-electron chi connectivity index (χ4n) is 3.70. The third kappa shape index (κ3) is 5.41. The Hall–Kier alpha value is -5.56. The molecule has 0 fully saturated rings. The second-order valence-corrected chi connectivity index (χ2v) is 7.74. The Morgan fingerprint density at radius 3 is 2.24 bits per heavy atom. The van der Waals surface area contributed by atoms with Gasteiger partial charge in [0.1, 0.15) is 11.8 Å². The molecule has 184 valence electrons. The number of nitriles is 1. The van der Waals surface area contributed by atoms with Gasteiger partial charge < -0.3 is 20.0 Å². The van der Waals surface area contributed by atoms with Gasteiger partial charge in [-0.3, -0.25) is 20.4 Å². The average Bonchev–Trinajstić information content (AvgIpc) is 3.36. The van der Waals surface area contributed by atoms with Gasteiger partial charge in [-0.25, -0.2) is 4.79 Å². The molecule has 10 heteroatoms. The highest BCUT2D eigenvalue weighted by Gasteiger charge is 2.29. The van der Waals surface area contributed by atoms with E-state index in [1.807, 2.05) is 0 Å². The predicted molar refractivity (Wildman–Crippen MR) is 131 cm³/mol. The summed E-state index contributed by atoms with van der Waals surface area (Å²) in [5.41, 5.74) is 11.7. The number of primary amides is 1. The summed E-state index contributed by atoms with van der Waals surface area (Å²) in [6, 6.07) is 23.1. The lowest BCUT2D eigenvalue weighted by Crippen LogP contribution is -2.41. The van der Waals surface area contributed by atoms with E-state index < -0.39 is 24.0 Å². The molecule has 0 saturated carbocycles. The number of furan rings is 1. The first-order valence-electron chi connectivity index (χ1n) is 10.9. The summed E-state index contributed by atoms with van der Waals surface area (Å²) in [5, 5.41) is 18.7. The van der Waals surface area contributed by atoms with Crippen LogP contribution in [-0.2, 0) is 4.74 Å². The Morgan fingerprint density at radius 1 is 0.946 bits per heavy atom. The van der Waals surface area contributed by atoms with Crippen LogP contribution in [0.1, 0.15) is 43.7 Å². The Morgan fingerprint density at radius 2 is 1.59 bits per heavy atom. The van der Waals surface area contributed by atoms with Gasteiger partial charge in [-0.05, 0) is 29.3 Å². The molecule has 0 spiro atoms. The maximum atomic E-state index is 13.1. The van der Waals surface area contributed by atoms with Crippen molar-refractivity contribution >= 4 is 17.9 Å². The third-order valence-electron chi connectivity index (χ3n) is 5.38. The fourth-order valence-corrected chi connectivity index (χ4v) is 3.70. The molecule has 4 aromatic rings. The molecular formula is C27H20N4O6. The largest absolute Gasteiger partial charge is 0.507 e. The molecule has 0 saturated heterocycles. The Bertz CT molecular complexity index is 1490. The van der Waals surface area contributed by atoms with E-state index >= 15 is 0 Å². The normalized spacial score (nSPS) is 11.1. The highest BCUT2D eigenvalue weighted by Crippen LogP contribution is 2.38. The summed E-state index contributed by atoms with van der Waals surface area (Å²) in [6.07, 6.45) is -0.702. The van der Waals surface area contributed by atoms with Gasteiger partial charge >= 0.3 is 12.0 Å². The highest BCUT2D eigenvalue weighted by atomic mass is 16.6. The van der Waals surface area contributed by atoms with Gasteiger partial charge in [0.15, 0.2) is 6.10 Å². The molecule has 1 aromatic heterocycles. The van der Waals surface area contributed by atoms with Crippen molar-refractivity contribution in [3.05, 3.63) is 113 Å². The molecule has 3 aromatic carbocycles. The van der Waals surface area contributed by atoms with Crippen LogP contribution in [0.2, 0.25) is 0 Å². The van der Waals surface area contributed by atoms with E-state index in [0.717, 1.165) is 0 Å². The van der Waals surface area contributed by atoms with Crippen LogP contribution in [0, 0.1) is 11.3 Å². The molecule has 1 heterocycles. The quantitative estimate of drug-likeness (QED) is 0.295. The molecule has 0 aliphatic carbocycles. The summed E-state index contributed by atoms with van der Waals surface area (Å²) < 4.78 is 11.0. The molecule has 0 bridgehead atoms. The number of carbonyl (C=O) groups is 3. The van der Waals surface area contributed by atoms with E-state index in [1.54, 1.807) is 66.7 Å². The summed E-state index contributed by atoms with van der Waals surface area (Å²) in [7, 11) is 0. The molecule has 0 radical (unpaired) electrons. The lowest BCUT2D eigenvalue weighted by Gasteiger charge is -2.18. The summed E-state index contributed by atoms with van der Waals surface area (Å²) in [4.78, 5) is 37.3. The van der Waals surface area contributed by atoms with Crippen molar-refractivity contribution in [2.45, 2.75) is 6.10 Å². The van der Waals surface area contributed by atoms with Gasteiger partial charge in [0.25, 0.3) is 5.91 Å². The van der Waals surface area contributed by atoms with Crippen molar-refractivity contribution in [1.82, 2.24) is 10.9 Å². The molecule has 4 rings (SSSR count). The number of nitrogens with one attached hydrogen (secondary N) is 2. The first-order valence-corrected chi connectivity index (χ1v) is 10.9. The number of amides is 3. The molecular weight excluding hydrogens is 476 g/mol. The fraction of sp³-hybridized carbons (Fsp3) is 0.0370.